The highest BCUT2D eigenvalue weighted by Crippen LogP contribution is 1.82. The van der Waals surface area contributed by atoms with E-state index in [0.717, 1.165) is 4.48 Å². The molecule has 0 aliphatic rings. The predicted molar refractivity (Wildman–Crippen MR) is 67.1 cm³/mol. The second kappa shape index (κ2) is 12.8. The van der Waals surface area contributed by atoms with E-state index in [-0.39, 0.29) is 13.0 Å². The van der Waals surface area contributed by atoms with Crippen molar-refractivity contribution >= 4 is 5.97 Å². The third kappa shape index (κ3) is 36.2. The summed E-state index contributed by atoms with van der Waals surface area (Å²) in [6, 6.07) is 0. The van der Waals surface area contributed by atoms with Crippen molar-refractivity contribution in [2.75, 3.05) is 68.3 Å². The van der Waals surface area contributed by atoms with Crippen molar-refractivity contribution in [1.82, 2.24) is 0 Å². The van der Waals surface area contributed by atoms with Crippen LogP contribution >= 0.6 is 0 Å². The summed E-state index contributed by atoms with van der Waals surface area (Å²) in [6.07, 6.45) is -0.0714. The van der Waals surface area contributed by atoms with E-state index >= 15 is 0 Å². The van der Waals surface area contributed by atoms with Crippen LogP contribution in [0.3, 0.4) is 0 Å². The van der Waals surface area contributed by atoms with Crippen molar-refractivity contribution in [3.63, 3.8) is 0 Å². The molecule has 0 saturated heterocycles. The molecule has 0 heterocycles. The van der Waals surface area contributed by atoms with Crippen LogP contribution in [-0.4, -0.2) is 78.8 Å². The van der Waals surface area contributed by atoms with Gasteiger partial charge in [-0.05, 0) is 0 Å². The minimum atomic E-state index is -1.10. The Labute approximate surface area is 110 Å². The highest BCUT2D eigenvalue weighted by molar-refractivity contribution is 5.64. The summed E-state index contributed by atoms with van der Waals surface area (Å²) in [5, 5.41) is 9.93. The first kappa shape index (κ1) is 19.6. The summed E-state index contributed by atoms with van der Waals surface area (Å²) in [4.78, 5) is 9.93. The number of carboxylic acid groups (broad SMARTS) is 1. The largest absolute Gasteiger partial charge is 0.550 e. The second-order valence-corrected chi connectivity index (χ2v) is 5.02. The number of methoxy groups -OCH3 is 1. The Morgan fingerprint density at radius 3 is 1.72 bits per heavy atom. The van der Waals surface area contributed by atoms with Gasteiger partial charge < -0.3 is 28.6 Å². The van der Waals surface area contributed by atoms with Gasteiger partial charge in [0.25, 0.3) is 0 Å². The molecule has 0 aromatic rings. The fraction of sp³-hybridized carbons (Fsp3) is 0.917. The highest BCUT2D eigenvalue weighted by Gasteiger charge is 1.90. The Morgan fingerprint density at radius 2 is 1.33 bits per heavy atom. The van der Waals surface area contributed by atoms with Crippen LogP contribution in [0.4, 0.5) is 0 Å². The number of carboxylic acids is 1. The lowest BCUT2D eigenvalue weighted by atomic mass is 10.5. The van der Waals surface area contributed by atoms with E-state index in [1.807, 2.05) is 0 Å². The van der Waals surface area contributed by atoms with Crippen LogP contribution in [0.1, 0.15) is 6.42 Å². The molecule has 0 fully saturated rings. The zero-order chi connectivity index (χ0) is 14.4. The van der Waals surface area contributed by atoms with Gasteiger partial charge in [-0.25, -0.2) is 0 Å². The van der Waals surface area contributed by atoms with Gasteiger partial charge in [-0.2, -0.15) is 0 Å². The van der Waals surface area contributed by atoms with Crippen LogP contribution in [0.5, 0.6) is 0 Å². The maximum atomic E-state index is 9.93. The molecule has 0 aromatic heterocycles. The molecule has 0 rings (SSSR count). The molecule has 0 aliphatic carbocycles. The molecule has 6 heteroatoms. The van der Waals surface area contributed by atoms with Gasteiger partial charge in [-0.3, -0.25) is 0 Å². The number of aliphatic carboxylic acids is 1. The Balaban J connectivity index is 0. The lowest BCUT2D eigenvalue weighted by molar-refractivity contribution is -0.849. The van der Waals surface area contributed by atoms with Gasteiger partial charge in [-0.15, -0.1) is 0 Å². The number of hydrogen-bond acceptors (Lipinski definition) is 5. The quantitative estimate of drug-likeness (QED) is 0.400. The average molecular weight is 265 g/mol. The topological polar surface area (TPSA) is 67.8 Å². The van der Waals surface area contributed by atoms with Crippen molar-refractivity contribution in [2.45, 2.75) is 6.42 Å². The van der Waals surface area contributed by atoms with Crippen molar-refractivity contribution in [1.29, 1.82) is 0 Å². The Bertz CT molecular complexity index is 185. The standard InChI is InChI=1S/C8H16O5.C4H12N/c1-11-4-5-13-7-6-12-3-2-8(9)10;1-5(2,3)4/h2-7H2,1H3,(H,9,10);1-4H3/q;+1/p-1. The molecule has 0 saturated carbocycles. The average Bonchev–Trinajstić information content (AvgIpc) is 2.19. The molecule has 0 bridgehead atoms. The van der Waals surface area contributed by atoms with E-state index in [2.05, 4.69) is 28.2 Å². The fourth-order valence-corrected chi connectivity index (χ4v) is 0.620. The maximum absolute atomic E-state index is 9.93. The molecule has 0 unspecified atom stereocenters. The van der Waals surface area contributed by atoms with Crippen LogP contribution in [0.2, 0.25) is 0 Å². The number of carbonyl (C=O) groups excluding carboxylic acids is 1. The summed E-state index contributed by atoms with van der Waals surface area (Å²) in [6.45, 7) is 2.11. The van der Waals surface area contributed by atoms with E-state index in [1.165, 1.54) is 0 Å². The lowest BCUT2D eigenvalue weighted by Crippen LogP contribution is -2.27. The van der Waals surface area contributed by atoms with Crippen molar-refractivity contribution in [2.24, 2.45) is 0 Å². The number of quaternary nitrogens is 1. The monoisotopic (exact) mass is 265 g/mol. The van der Waals surface area contributed by atoms with E-state index < -0.39 is 5.97 Å². The summed E-state index contributed by atoms with van der Waals surface area (Å²) in [7, 11) is 10.1. The van der Waals surface area contributed by atoms with Crippen LogP contribution in [-0.2, 0) is 19.0 Å². The highest BCUT2D eigenvalue weighted by atomic mass is 16.5. The van der Waals surface area contributed by atoms with E-state index in [9.17, 15) is 9.90 Å². The van der Waals surface area contributed by atoms with Gasteiger partial charge in [0, 0.05) is 19.5 Å². The molecule has 0 aromatic carbocycles. The zero-order valence-corrected chi connectivity index (χ0v) is 12.2. The minimum absolute atomic E-state index is 0.0714. The van der Waals surface area contributed by atoms with Crippen LogP contribution in [0, 0.1) is 0 Å². The van der Waals surface area contributed by atoms with E-state index in [0.29, 0.717) is 26.4 Å². The molecular weight excluding hydrogens is 238 g/mol. The smallest absolute Gasteiger partial charge is 0.0701 e. The first-order chi connectivity index (χ1) is 8.27. The fourth-order valence-electron chi connectivity index (χ4n) is 0.620. The predicted octanol–water partition coefficient (Wildman–Crippen LogP) is -0.872. The van der Waals surface area contributed by atoms with Crippen molar-refractivity contribution in [3.8, 4) is 0 Å². The first-order valence-electron chi connectivity index (χ1n) is 5.90. The third-order valence-corrected chi connectivity index (χ3v) is 1.25. The Kier molecular flexibility index (Phi) is 13.9. The first-order valence-corrected chi connectivity index (χ1v) is 5.90. The van der Waals surface area contributed by atoms with Gasteiger partial charge in [0.1, 0.15) is 0 Å². The number of nitrogens with zero attached hydrogens (tertiary/aromatic N) is 1. The molecule has 0 N–H and O–H groups in total. The maximum Gasteiger partial charge on any atom is 0.0701 e. The molecule has 0 atom stereocenters. The van der Waals surface area contributed by atoms with Crippen molar-refractivity contribution < 1.29 is 28.6 Å². The summed E-state index contributed by atoms with van der Waals surface area (Å²) in [5.41, 5.74) is 0. The van der Waals surface area contributed by atoms with Crippen molar-refractivity contribution in [3.05, 3.63) is 0 Å². The van der Waals surface area contributed by atoms with Crippen LogP contribution in [0.15, 0.2) is 0 Å². The molecule has 0 aliphatic heterocycles. The van der Waals surface area contributed by atoms with Crippen LogP contribution < -0.4 is 5.11 Å². The van der Waals surface area contributed by atoms with E-state index in [1.54, 1.807) is 7.11 Å². The number of ether oxygens (including phenoxy) is 3. The molecule has 18 heavy (non-hydrogen) atoms. The van der Waals surface area contributed by atoms with Gasteiger partial charge >= 0.3 is 0 Å². The molecule has 0 spiro atoms. The Morgan fingerprint density at radius 1 is 0.944 bits per heavy atom. The van der Waals surface area contributed by atoms with Gasteiger partial charge in [0.05, 0.1) is 61.2 Å². The zero-order valence-electron chi connectivity index (χ0n) is 12.2. The molecule has 6 nitrogen and oxygen atoms in total. The number of rotatable bonds is 9. The van der Waals surface area contributed by atoms with Gasteiger partial charge in [0.2, 0.25) is 0 Å². The SMILES string of the molecule is COCCOCCOCCC(=O)[O-].C[N+](C)(C)C. The number of carbonyl (C=O) groups is 1. The van der Waals surface area contributed by atoms with Crippen LogP contribution in [0.25, 0.3) is 0 Å². The molecular formula is C12H27NO5. The molecule has 0 amide bonds. The Hall–Kier alpha value is -0.690. The summed E-state index contributed by atoms with van der Waals surface area (Å²) >= 11 is 0. The number of hydrogen-bond donors (Lipinski definition) is 0. The van der Waals surface area contributed by atoms with Gasteiger partial charge in [0.15, 0.2) is 0 Å². The van der Waals surface area contributed by atoms with Gasteiger partial charge in [-0.1, -0.05) is 0 Å². The minimum Gasteiger partial charge on any atom is -0.550 e. The third-order valence-electron chi connectivity index (χ3n) is 1.25. The summed E-state index contributed by atoms with van der Waals surface area (Å²) < 4.78 is 15.8. The molecule has 110 valence electrons. The second-order valence-electron chi connectivity index (χ2n) is 5.02. The molecule has 0 radical (unpaired) electrons. The summed E-state index contributed by atoms with van der Waals surface area (Å²) in [5.74, 6) is -1.10. The van der Waals surface area contributed by atoms with E-state index in [4.69, 9.17) is 14.2 Å². The lowest BCUT2D eigenvalue weighted by Gasteiger charge is -2.14. The normalized spacial score (nSPS) is 10.7.